The number of carbonyl (C=O) groups is 1. The lowest BCUT2D eigenvalue weighted by Gasteiger charge is -2.46. The third kappa shape index (κ3) is 4.86. The lowest BCUT2D eigenvalue weighted by molar-refractivity contribution is -0.343. The number of rotatable bonds is 6. The van der Waals surface area contributed by atoms with Crippen LogP contribution >= 0.6 is 11.6 Å². The lowest BCUT2D eigenvalue weighted by Crippen LogP contribution is -2.66. The van der Waals surface area contributed by atoms with Crippen LogP contribution in [0.1, 0.15) is 0 Å². The van der Waals surface area contributed by atoms with Crippen molar-refractivity contribution in [2.45, 2.75) is 61.3 Å². The van der Waals surface area contributed by atoms with E-state index in [1.807, 2.05) is 0 Å². The van der Waals surface area contributed by atoms with Gasteiger partial charge in [-0.3, -0.25) is 4.79 Å². The molecule has 27 heavy (non-hydrogen) atoms. The number of aliphatic hydroxyl groups is 7. The van der Waals surface area contributed by atoms with Gasteiger partial charge in [0.25, 0.3) is 0 Å². The van der Waals surface area contributed by atoms with E-state index in [2.05, 4.69) is 5.32 Å². The normalized spacial score (nSPS) is 45.5. The topological polar surface area (TPSA) is 198 Å². The van der Waals surface area contributed by atoms with Gasteiger partial charge in [-0.25, -0.2) is 0 Å². The molecular formula is C14H24ClNO11. The van der Waals surface area contributed by atoms with Crippen molar-refractivity contribution in [1.29, 1.82) is 0 Å². The third-order valence-corrected chi connectivity index (χ3v) is 4.67. The summed E-state index contributed by atoms with van der Waals surface area (Å²) in [5.74, 6) is -1.10. The van der Waals surface area contributed by atoms with Crippen LogP contribution in [0.2, 0.25) is 0 Å². The highest BCUT2D eigenvalue weighted by Crippen LogP contribution is 2.28. The number of hydrogen-bond acceptors (Lipinski definition) is 11. The molecule has 2 saturated heterocycles. The van der Waals surface area contributed by atoms with Crippen molar-refractivity contribution in [3.05, 3.63) is 0 Å². The summed E-state index contributed by atoms with van der Waals surface area (Å²) in [6.45, 7) is -1.38. The summed E-state index contributed by atoms with van der Waals surface area (Å²) in [5.41, 5.74) is 0. The third-order valence-electron chi connectivity index (χ3n) is 4.43. The van der Waals surface area contributed by atoms with Gasteiger partial charge in [0.2, 0.25) is 5.91 Å². The maximum absolute atomic E-state index is 11.4. The van der Waals surface area contributed by atoms with Crippen molar-refractivity contribution < 1.29 is 54.8 Å². The summed E-state index contributed by atoms with van der Waals surface area (Å²) >= 11 is 5.36. The fraction of sp³-hybridized carbons (Fsp3) is 0.929. The largest absolute Gasteiger partial charge is 0.394 e. The molecule has 13 heteroatoms. The molecule has 0 aromatic carbocycles. The summed E-state index contributed by atoms with van der Waals surface area (Å²) in [4.78, 5) is 11.4. The van der Waals surface area contributed by atoms with E-state index in [-0.39, 0.29) is 0 Å². The first-order valence-electron chi connectivity index (χ1n) is 8.18. The van der Waals surface area contributed by atoms with Gasteiger partial charge >= 0.3 is 0 Å². The second-order valence-electron chi connectivity index (χ2n) is 6.26. The quantitative estimate of drug-likeness (QED) is 0.192. The molecular weight excluding hydrogens is 394 g/mol. The van der Waals surface area contributed by atoms with E-state index >= 15 is 0 Å². The zero-order valence-electron chi connectivity index (χ0n) is 14.0. The van der Waals surface area contributed by atoms with E-state index in [9.17, 15) is 40.5 Å². The van der Waals surface area contributed by atoms with Crippen LogP contribution in [-0.4, -0.2) is 122 Å². The lowest BCUT2D eigenvalue weighted by atomic mass is 9.96. The molecule has 0 unspecified atom stereocenters. The molecule has 158 valence electrons. The van der Waals surface area contributed by atoms with Gasteiger partial charge < -0.3 is 55.3 Å². The standard InChI is InChI=1S/C14H24ClNO11/c15-1-6(19)16-13-10(23)9(22)12(5(3-18)25-13)27-14-11(24)8(21)7(20)4(2-17)26-14/h4-5,7-14,17-18,20-24H,1-3H2,(H,16,19)/t4-,5-,7-,8+,9-,10-,11-,12-,13-,14-/m1/s1. The Hall–Kier alpha value is -0.640. The van der Waals surface area contributed by atoms with E-state index in [1.54, 1.807) is 0 Å². The molecule has 0 radical (unpaired) electrons. The maximum Gasteiger partial charge on any atom is 0.236 e. The Bertz CT molecular complexity index is 496. The van der Waals surface area contributed by atoms with E-state index < -0.39 is 86.4 Å². The predicted octanol–water partition coefficient (Wildman–Crippen LogP) is -5.03. The average molecular weight is 418 g/mol. The zero-order valence-corrected chi connectivity index (χ0v) is 14.8. The average Bonchev–Trinajstić information content (AvgIpc) is 2.67. The summed E-state index contributed by atoms with van der Waals surface area (Å²) in [6.07, 6.45) is -15.4. The second kappa shape index (κ2) is 9.71. The van der Waals surface area contributed by atoms with Crippen LogP contribution in [0.15, 0.2) is 0 Å². The minimum Gasteiger partial charge on any atom is -0.394 e. The molecule has 8 N–H and O–H groups in total. The van der Waals surface area contributed by atoms with E-state index in [0.717, 1.165) is 0 Å². The molecule has 0 spiro atoms. The van der Waals surface area contributed by atoms with Crippen molar-refractivity contribution >= 4 is 17.5 Å². The van der Waals surface area contributed by atoms with E-state index in [0.29, 0.717) is 0 Å². The van der Waals surface area contributed by atoms with Crippen LogP contribution in [0.4, 0.5) is 0 Å². The van der Waals surface area contributed by atoms with Crippen molar-refractivity contribution in [1.82, 2.24) is 5.32 Å². The highest BCUT2D eigenvalue weighted by molar-refractivity contribution is 6.27. The summed E-state index contributed by atoms with van der Waals surface area (Å²) < 4.78 is 15.8. The van der Waals surface area contributed by atoms with Crippen molar-refractivity contribution in [3.63, 3.8) is 0 Å². The number of ether oxygens (including phenoxy) is 3. The van der Waals surface area contributed by atoms with Gasteiger partial charge in [-0.2, -0.15) is 0 Å². The molecule has 2 aliphatic heterocycles. The molecule has 1 amide bonds. The van der Waals surface area contributed by atoms with E-state index in [1.165, 1.54) is 0 Å². The number of halogens is 1. The Morgan fingerprint density at radius 1 is 0.889 bits per heavy atom. The highest BCUT2D eigenvalue weighted by Gasteiger charge is 2.50. The Balaban J connectivity index is 2.11. The minimum atomic E-state index is -1.75. The maximum atomic E-state index is 11.4. The molecule has 0 saturated carbocycles. The predicted molar refractivity (Wildman–Crippen MR) is 85.3 cm³/mol. The number of carbonyl (C=O) groups excluding carboxylic acids is 1. The molecule has 2 heterocycles. The second-order valence-corrected chi connectivity index (χ2v) is 6.53. The van der Waals surface area contributed by atoms with Crippen LogP contribution in [-0.2, 0) is 19.0 Å². The Morgan fingerprint density at radius 3 is 2.07 bits per heavy atom. The van der Waals surface area contributed by atoms with Crippen LogP contribution in [0.3, 0.4) is 0 Å². The highest BCUT2D eigenvalue weighted by atomic mass is 35.5. The zero-order chi connectivity index (χ0) is 20.3. The summed E-state index contributed by atoms with van der Waals surface area (Å²) in [6, 6.07) is 0. The molecule has 2 aliphatic rings. The number of nitrogens with one attached hydrogen (secondary N) is 1. The van der Waals surface area contributed by atoms with Crippen molar-refractivity contribution in [2.75, 3.05) is 19.1 Å². The number of amides is 1. The molecule has 2 fully saturated rings. The summed E-state index contributed by atoms with van der Waals surface area (Å²) in [7, 11) is 0. The molecule has 0 aromatic heterocycles. The Labute approximate surface area is 158 Å². The van der Waals surface area contributed by atoms with Crippen molar-refractivity contribution in [2.24, 2.45) is 0 Å². The number of alkyl halides is 1. The molecule has 0 aromatic rings. The number of aliphatic hydroxyl groups excluding tert-OH is 7. The van der Waals surface area contributed by atoms with Gasteiger partial charge in [0.15, 0.2) is 12.5 Å². The Morgan fingerprint density at radius 2 is 1.52 bits per heavy atom. The monoisotopic (exact) mass is 417 g/mol. The van der Waals surface area contributed by atoms with Crippen molar-refractivity contribution in [3.8, 4) is 0 Å². The molecule has 0 bridgehead atoms. The minimum absolute atomic E-state index is 0.419. The molecule has 0 aliphatic carbocycles. The van der Waals surface area contributed by atoms with Gasteiger partial charge in [0, 0.05) is 0 Å². The first-order valence-corrected chi connectivity index (χ1v) is 8.72. The molecule has 12 nitrogen and oxygen atoms in total. The van der Waals surface area contributed by atoms with Gasteiger partial charge in [0.1, 0.15) is 54.7 Å². The first-order chi connectivity index (χ1) is 12.7. The van der Waals surface area contributed by atoms with Crippen LogP contribution in [0.5, 0.6) is 0 Å². The van der Waals surface area contributed by atoms with Gasteiger partial charge in [-0.1, -0.05) is 0 Å². The van der Waals surface area contributed by atoms with Gasteiger partial charge in [0.05, 0.1) is 13.2 Å². The van der Waals surface area contributed by atoms with Crippen LogP contribution in [0, 0.1) is 0 Å². The fourth-order valence-electron chi connectivity index (χ4n) is 2.91. The van der Waals surface area contributed by atoms with Crippen LogP contribution < -0.4 is 5.32 Å². The number of hydrogen-bond donors (Lipinski definition) is 8. The van der Waals surface area contributed by atoms with Gasteiger partial charge in [-0.05, 0) is 0 Å². The van der Waals surface area contributed by atoms with Gasteiger partial charge in [-0.15, -0.1) is 11.6 Å². The van der Waals surface area contributed by atoms with Crippen LogP contribution in [0.25, 0.3) is 0 Å². The molecule has 10 atom stereocenters. The SMILES string of the molecule is O=C(CCl)N[C@@H]1O[C@H](CO)[C@@H](O[C@H]2O[C@H](CO)[C@@H](O)[C@H](O)[C@H]2O)[C@H](O)[C@H]1O. The molecule has 2 rings (SSSR count). The summed E-state index contributed by atoms with van der Waals surface area (Å²) in [5, 5.41) is 70.9. The van der Waals surface area contributed by atoms with E-state index in [4.69, 9.17) is 25.8 Å². The first kappa shape index (κ1) is 22.6. The smallest absolute Gasteiger partial charge is 0.236 e. The Kier molecular flexibility index (Phi) is 8.15. The fourth-order valence-corrected chi connectivity index (χ4v) is 2.98.